The summed E-state index contributed by atoms with van der Waals surface area (Å²) in [5.41, 5.74) is 4.63. The third kappa shape index (κ3) is 4.19. The van der Waals surface area contributed by atoms with Crippen molar-refractivity contribution in [3.63, 3.8) is 0 Å². The zero-order chi connectivity index (χ0) is 22.9. The van der Waals surface area contributed by atoms with Crippen LogP contribution in [0.4, 0.5) is 0 Å². The monoisotopic (exact) mass is 444 g/mol. The molecule has 1 aliphatic heterocycles. The number of aromatic amines is 1. The summed E-state index contributed by atoms with van der Waals surface area (Å²) in [5.74, 6) is 0.629. The molecule has 1 fully saturated rings. The number of aliphatic hydroxyl groups excluding tert-OH is 1. The van der Waals surface area contributed by atoms with E-state index in [0.717, 1.165) is 27.6 Å². The minimum Gasteiger partial charge on any atom is -0.393 e. The summed E-state index contributed by atoms with van der Waals surface area (Å²) in [4.78, 5) is 18.7. The number of aliphatic hydroxyl groups is 1. The third-order valence-corrected chi connectivity index (χ3v) is 6.72. The molecule has 4 aromatic rings. The standard InChI is InChI=1S/C25H28N6O2/c1-16-8-9-19-14-21(25(33)26-22(19)17(16)2)23(30-12-10-20(32)11-13-30)24-27-28-29-31(24)15-18-6-4-3-5-7-18/h3-9,14,20,23,32H,10-13,15H2,1-2H3,(H,26,33). The van der Waals surface area contributed by atoms with E-state index >= 15 is 0 Å². The quantitative estimate of drug-likeness (QED) is 0.491. The van der Waals surface area contributed by atoms with E-state index in [2.05, 4.69) is 31.5 Å². The van der Waals surface area contributed by atoms with Crippen molar-refractivity contribution in [2.24, 2.45) is 0 Å². The fraction of sp³-hybridized carbons (Fsp3) is 0.360. The predicted molar refractivity (Wildman–Crippen MR) is 126 cm³/mol. The number of nitrogens with one attached hydrogen (secondary N) is 1. The summed E-state index contributed by atoms with van der Waals surface area (Å²) in [6.45, 7) is 5.90. The molecule has 5 rings (SSSR count). The van der Waals surface area contributed by atoms with Gasteiger partial charge in [0, 0.05) is 18.7 Å². The van der Waals surface area contributed by atoms with E-state index in [1.807, 2.05) is 56.3 Å². The number of nitrogens with zero attached hydrogens (tertiary/aromatic N) is 5. The Morgan fingerprint density at radius 3 is 2.64 bits per heavy atom. The molecular formula is C25H28N6O2. The number of pyridine rings is 1. The third-order valence-electron chi connectivity index (χ3n) is 6.72. The van der Waals surface area contributed by atoms with Gasteiger partial charge in [0.15, 0.2) is 5.82 Å². The highest BCUT2D eigenvalue weighted by Gasteiger charge is 2.32. The van der Waals surface area contributed by atoms with Gasteiger partial charge in [-0.1, -0.05) is 42.5 Å². The molecule has 1 unspecified atom stereocenters. The summed E-state index contributed by atoms with van der Waals surface area (Å²) in [6, 6.07) is 15.7. The molecule has 0 spiro atoms. The maximum atomic E-state index is 13.4. The SMILES string of the molecule is Cc1ccc2cc(C(c3nnnn3Cc3ccccc3)N3CCC(O)CC3)c(=O)[nH]c2c1C. The first-order chi connectivity index (χ1) is 16.0. The van der Waals surface area contributed by atoms with Crippen molar-refractivity contribution in [1.82, 2.24) is 30.1 Å². The normalized spacial score (nSPS) is 16.3. The molecule has 1 aliphatic rings. The van der Waals surface area contributed by atoms with Gasteiger partial charge in [-0.05, 0) is 65.3 Å². The lowest BCUT2D eigenvalue weighted by atomic mass is 9.98. The molecule has 2 N–H and O–H groups in total. The second-order valence-corrected chi connectivity index (χ2v) is 8.88. The van der Waals surface area contributed by atoms with Crippen LogP contribution in [0.2, 0.25) is 0 Å². The maximum absolute atomic E-state index is 13.4. The van der Waals surface area contributed by atoms with Crippen molar-refractivity contribution in [3.8, 4) is 0 Å². The van der Waals surface area contributed by atoms with Crippen LogP contribution >= 0.6 is 0 Å². The zero-order valence-electron chi connectivity index (χ0n) is 18.9. The fourth-order valence-corrected chi connectivity index (χ4v) is 4.66. The number of aromatic nitrogens is 5. The van der Waals surface area contributed by atoms with E-state index in [9.17, 15) is 9.90 Å². The Hall–Kier alpha value is -3.36. The van der Waals surface area contributed by atoms with Crippen LogP contribution in [0.3, 0.4) is 0 Å². The van der Waals surface area contributed by atoms with Crippen molar-refractivity contribution >= 4 is 10.9 Å². The average Bonchev–Trinajstić information content (AvgIpc) is 3.27. The van der Waals surface area contributed by atoms with Crippen LogP contribution in [-0.2, 0) is 6.54 Å². The van der Waals surface area contributed by atoms with Gasteiger partial charge in [0.2, 0.25) is 0 Å². The highest BCUT2D eigenvalue weighted by Crippen LogP contribution is 2.30. The molecule has 0 bridgehead atoms. The van der Waals surface area contributed by atoms with Gasteiger partial charge in [-0.25, -0.2) is 4.68 Å². The number of tetrazole rings is 1. The van der Waals surface area contributed by atoms with Crippen LogP contribution in [-0.4, -0.2) is 54.4 Å². The number of likely N-dealkylation sites (tertiary alicyclic amines) is 1. The number of H-pyrrole nitrogens is 1. The molecule has 1 atom stereocenters. The largest absolute Gasteiger partial charge is 0.393 e. The molecule has 170 valence electrons. The first-order valence-electron chi connectivity index (χ1n) is 11.4. The van der Waals surface area contributed by atoms with E-state index in [0.29, 0.717) is 43.9 Å². The molecule has 8 heteroatoms. The second kappa shape index (κ2) is 8.88. The molecule has 0 saturated carbocycles. The van der Waals surface area contributed by atoms with Crippen LogP contribution in [0.25, 0.3) is 10.9 Å². The average molecular weight is 445 g/mol. The predicted octanol–water partition coefficient (Wildman–Crippen LogP) is 2.73. The van der Waals surface area contributed by atoms with Gasteiger partial charge in [-0.3, -0.25) is 9.69 Å². The van der Waals surface area contributed by atoms with Crippen LogP contribution in [0.15, 0.2) is 53.3 Å². The molecule has 8 nitrogen and oxygen atoms in total. The minimum absolute atomic E-state index is 0.137. The highest BCUT2D eigenvalue weighted by atomic mass is 16.3. The Morgan fingerprint density at radius 1 is 1.12 bits per heavy atom. The molecule has 3 heterocycles. The Balaban J connectivity index is 1.63. The number of piperidine rings is 1. The van der Waals surface area contributed by atoms with E-state index < -0.39 is 6.04 Å². The van der Waals surface area contributed by atoms with Crippen LogP contribution in [0, 0.1) is 13.8 Å². The number of benzene rings is 2. The van der Waals surface area contributed by atoms with E-state index in [4.69, 9.17) is 0 Å². The van der Waals surface area contributed by atoms with Gasteiger partial charge in [0.05, 0.1) is 18.2 Å². The number of aryl methyl sites for hydroxylation is 2. The van der Waals surface area contributed by atoms with Crippen molar-refractivity contribution in [3.05, 3.63) is 87.0 Å². The Kier molecular flexibility index (Phi) is 5.78. The van der Waals surface area contributed by atoms with Gasteiger partial charge in [0.25, 0.3) is 5.56 Å². The summed E-state index contributed by atoms with van der Waals surface area (Å²) in [5, 5.41) is 23.7. The van der Waals surface area contributed by atoms with Crippen molar-refractivity contribution in [1.29, 1.82) is 0 Å². The van der Waals surface area contributed by atoms with Gasteiger partial charge < -0.3 is 10.1 Å². The van der Waals surface area contributed by atoms with Gasteiger partial charge in [0.1, 0.15) is 6.04 Å². The topological polar surface area (TPSA) is 99.9 Å². The Morgan fingerprint density at radius 2 is 1.88 bits per heavy atom. The number of hydrogen-bond acceptors (Lipinski definition) is 6. The van der Waals surface area contributed by atoms with Gasteiger partial charge in [-0.15, -0.1) is 5.10 Å². The molecule has 0 amide bonds. The van der Waals surface area contributed by atoms with E-state index in [1.54, 1.807) is 4.68 Å². The molecule has 0 aliphatic carbocycles. The molecular weight excluding hydrogens is 416 g/mol. The van der Waals surface area contributed by atoms with E-state index in [1.165, 1.54) is 0 Å². The summed E-state index contributed by atoms with van der Waals surface area (Å²) in [7, 11) is 0. The molecule has 1 saturated heterocycles. The molecule has 0 radical (unpaired) electrons. The smallest absolute Gasteiger partial charge is 0.253 e. The number of hydrogen-bond donors (Lipinski definition) is 2. The Bertz CT molecular complexity index is 1320. The van der Waals surface area contributed by atoms with Crippen LogP contribution in [0.5, 0.6) is 0 Å². The molecule has 33 heavy (non-hydrogen) atoms. The van der Waals surface area contributed by atoms with Crippen molar-refractivity contribution < 1.29 is 5.11 Å². The van der Waals surface area contributed by atoms with Gasteiger partial charge >= 0.3 is 0 Å². The van der Waals surface area contributed by atoms with E-state index in [-0.39, 0.29) is 11.7 Å². The first kappa shape index (κ1) is 21.5. The summed E-state index contributed by atoms with van der Waals surface area (Å²) in [6.07, 6.45) is 0.990. The van der Waals surface area contributed by atoms with Crippen molar-refractivity contribution in [2.75, 3.05) is 13.1 Å². The fourth-order valence-electron chi connectivity index (χ4n) is 4.66. The summed E-state index contributed by atoms with van der Waals surface area (Å²) >= 11 is 0. The first-order valence-corrected chi connectivity index (χ1v) is 11.4. The second-order valence-electron chi connectivity index (χ2n) is 8.88. The molecule has 2 aromatic carbocycles. The lowest BCUT2D eigenvalue weighted by Gasteiger charge is -2.35. The lowest BCUT2D eigenvalue weighted by molar-refractivity contribution is 0.0659. The zero-order valence-corrected chi connectivity index (χ0v) is 18.9. The minimum atomic E-state index is -0.411. The van der Waals surface area contributed by atoms with Crippen LogP contribution in [0.1, 0.15) is 47.0 Å². The van der Waals surface area contributed by atoms with Crippen LogP contribution < -0.4 is 5.56 Å². The summed E-state index contributed by atoms with van der Waals surface area (Å²) < 4.78 is 1.77. The number of rotatable bonds is 5. The molecule has 2 aromatic heterocycles. The lowest BCUT2D eigenvalue weighted by Crippen LogP contribution is -2.41. The number of fused-ring (bicyclic) bond motifs is 1. The Labute approximate surface area is 191 Å². The maximum Gasteiger partial charge on any atom is 0.253 e. The van der Waals surface area contributed by atoms with Gasteiger partial charge in [-0.2, -0.15) is 0 Å². The van der Waals surface area contributed by atoms with Crippen molar-refractivity contribution in [2.45, 2.75) is 45.4 Å². The highest BCUT2D eigenvalue weighted by molar-refractivity contribution is 5.83.